The van der Waals surface area contributed by atoms with Crippen LogP contribution in [0.3, 0.4) is 0 Å². The predicted octanol–water partition coefficient (Wildman–Crippen LogP) is 13.9. The van der Waals surface area contributed by atoms with Crippen LogP contribution >= 0.6 is 11.3 Å². The summed E-state index contributed by atoms with van der Waals surface area (Å²) >= 11 is 1.81. The molecule has 0 aliphatic heterocycles. The van der Waals surface area contributed by atoms with Crippen molar-refractivity contribution in [3.63, 3.8) is 0 Å². The molecule has 3 nitrogen and oxygen atoms in total. The third-order valence-electron chi connectivity index (χ3n) is 10.1. The largest absolute Gasteiger partial charge is 0.208 e. The number of rotatable bonds is 7. The highest BCUT2D eigenvalue weighted by Crippen LogP contribution is 2.42. The third-order valence-corrected chi connectivity index (χ3v) is 11.3. The molecule has 2 heterocycles. The van der Waals surface area contributed by atoms with E-state index in [0.717, 1.165) is 27.8 Å². The van der Waals surface area contributed by atoms with Crippen LogP contribution in [-0.2, 0) is 0 Å². The lowest BCUT2D eigenvalue weighted by Crippen LogP contribution is -2.00. The van der Waals surface area contributed by atoms with E-state index in [1.54, 1.807) is 0 Å². The molecule has 2 aromatic heterocycles. The van der Waals surface area contributed by atoms with Gasteiger partial charge in [-0.15, -0.1) is 11.3 Å². The second-order valence-corrected chi connectivity index (χ2v) is 14.7. The molecule has 0 fully saturated rings. The Kier molecular flexibility index (Phi) is 8.36. The quantitative estimate of drug-likeness (QED) is 0.165. The fourth-order valence-electron chi connectivity index (χ4n) is 7.37. The molecule has 0 bridgehead atoms. The van der Waals surface area contributed by atoms with Crippen molar-refractivity contribution in [3.05, 3.63) is 200 Å². The van der Waals surface area contributed by atoms with Gasteiger partial charge in [-0.1, -0.05) is 176 Å². The molecule has 4 heteroatoms. The first-order valence-corrected chi connectivity index (χ1v) is 19.2. The van der Waals surface area contributed by atoms with E-state index in [2.05, 4.69) is 176 Å². The molecule has 0 aliphatic rings. The Labute approximate surface area is 323 Å². The minimum atomic E-state index is 0.644. The molecular formula is C51H33N3S. The topological polar surface area (TPSA) is 38.7 Å². The van der Waals surface area contributed by atoms with Crippen LogP contribution in [0.2, 0.25) is 0 Å². The van der Waals surface area contributed by atoms with Crippen LogP contribution in [0.1, 0.15) is 0 Å². The van der Waals surface area contributed by atoms with Crippen molar-refractivity contribution < 1.29 is 0 Å². The fraction of sp³-hybridized carbons (Fsp3) is 0. The summed E-state index contributed by atoms with van der Waals surface area (Å²) in [6.07, 6.45) is 0. The Morgan fingerprint density at radius 1 is 0.273 bits per heavy atom. The van der Waals surface area contributed by atoms with Crippen LogP contribution in [0.5, 0.6) is 0 Å². The first kappa shape index (κ1) is 32.6. The van der Waals surface area contributed by atoms with Crippen molar-refractivity contribution in [2.24, 2.45) is 0 Å². The van der Waals surface area contributed by atoms with Crippen molar-refractivity contribution in [1.82, 2.24) is 15.0 Å². The van der Waals surface area contributed by atoms with Crippen molar-refractivity contribution in [2.75, 3.05) is 0 Å². The Balaban J connectivity index is 1.04. The van der Waals surface area contributed by atoms with Crippen molar-refractivity contribution >= 4 is 31.5 Å². The van der Waals surface area contributed by atoms with Crippen molar-refractivity contribution in [2.45, 2.75) is 0 Å². The maximum absolute atomic E-state index is 5.10. The van der Waals surface area contributed by atoms with Gasteiger partial charge in [0.25, 0.3) is 0 Å². The van der Waals surface area contributed by atoms with Crippen LogP contribution in [0, 0.1) is 0 Å². The molecule has 0 aliphatic carbocycles. The first-order valence-electron chi connectivity index (χ1n) is 18.4. The molecule has 0 saturated heterocycles. The molecular weight excluding hydrogens is 687 g/mol. The maximum atomic E-state index is 5.10. The smallest absolute Gasteiger partial charge is 0.164 e. The van der Waals surface area contributed by atoms with Crippen LogP contribution in [-0.4, -0.2) is 15.0 Å². The van der Waals surface area contributed by atoms with E-state index in [9.17, 15) is 0 Å². The first-order chi connectivity index (χ1) is 27.2. The summed E-state index contributed by atoms with van der Waals surface area (Å²) in [6.45, 7) is 0. The Morgan fingerprint density at radius 2 is 0.691 bits per heavy atom. The monoisotopic (exact) mass is 719 g/mol. The van der Waals surface area contributed by atoms with Gasteiger partial charge in [-0.3, -0.25) is 0 Å². The minimum absolute atomic E-state index is 0.644. The van der Waals surface area contributed by atoms with Crippen LogP contribution < -0.4 is 0 Å². The molecule has 0 radical (unpaired) electrons. The van der Waals surface area contributed by atoms with Crippen molar-refractivity contribution in [1.29, 1.82) is 0 Å². The highest BCUT2D eigenvalue weighted by Gasteiger charge is 2.16. The number of fused-ring (bicyclic) bond motifs is 3. The van der Waals surface area contributed by atoms with E-state index in [1.165, 1.54) is 53.6 Å². The highest BCUT2D eigenvalue weighted by molar-refractivity contribution is 7.26. The number of hydrogen-bond acceptors (Lipinski definition) is 4. The third kappa shape index (κ3) is 6.39. The highest BCUT2D eigenvalue weighted by atomic mass is 32.1. The van der Waals surface area contributed by atoms with Gasteiger partial charge in [0.1, 0.15) is 0 Å². The van der Waals surface area contributed by atoms with Crippen molar-refractivity contribution in [3.8, 4) is 78.7 Å². The van der Waals surface area contributed by atoms with Gasteiger partial charge in [-0.05, 0) is 68.8 Å². The summed E-state index contributed by atoms with van der Waals surface area (Å²) in [5.74, 6) is 1.95. The zero-order chi connectivity index (χ0) is 36.6. The van der Waals surface area contributed by atoms with Gasteiger partial charge in [0.15, 0.2) is 17.5 Å². The van der Waals surface area contributed by atoms with Gasteiger partial charge >= 0.3 is 0 Å². The van der Waals surface area contributed by atoms with E-state index in [0.29, 0.717) is 17.5 Å². The summed E-state index contributed by atoms with van der Waals surface area (Å²) < 4.78 is 2.45. The fourth-order valence-corrected chi connectivity index (χ4v) is 8.54. The lowest BCUT2D eigenvalue weighted by Gasteiger charge is -2.10. The Bertz CT molecular complexity index is 2950. The number of benzene rings is 8. The van der Waals surface area contributed by atoms with Crippen LogP contribution in [0.4, 0.5) is 0 Å². The Hall–Kier alpha value is -7.01. The number of thiophene rings is 1. The standard InChI is InChI=1S/C51H33N3S/c1-4-13-34(14-5-1)39-19-10-20-40(31-39)36-25-27-38(28-26-36)50-52-49(37-17-8-3-9-18-37)53-51(54-50)43-29-30-45-47(33-43)55-46-24-12-23-44(48(45)46)42-22-11-21-41(32-42)35-15-6-2-7-16-35/h1-33H. The second-order valence-electron chi connectivity index (χ2n) is 13.6. The maximum Gasteiger partial charge on any atom is 0.164 e. The summed E-state index contributed by atoms with van der Waals surface area (Å²) in [5.41, 5.74) is 12.4. The zero-order valence-electron chi connectivity index (χ0n) is 29.8. The average Bonchev–Trinajstić information content (AvgIpc) is 3.66. The summed E-state index contributed by atoms with van der Waals surface area (Å²) in [6, 6.07) is 70.5. The molecule has 0 N–H and O–H groups in total. The van der Waals surface area contributed by atoms with Gasteiger partial charge in [0.2, 0.25) is 0 Å². The van der Waals surface area contributed by atoms with E-state index in [-0.39, 0.29) is 0 Å². The second kappa shape index (κ2) is 14.1. The molecule has 0 amide bonds. The molecule has 0 unspecified atom stereocenters. The predicted molar refractivity (Wildman–Crippen MR) is 231 cm³/mol. The SMILES string of the molecule is c1ccc(-c2cccc(-c3ccc(-c4nc(-c5ccccc5)nc(-c5ccc6c(c5)sc5cccc(-c7cccc(-c8ccccc8)c7)c56)n4)cc3)c2)cc1. The molecule has 258 valence electrons. The molecule has 0 spiro atoms. The lowest BCUT2D eigenvalue weighted by molar-refractivity contribution is 1.07. The minimum Gasteiger partial charge on any atom is -0.208 e. The summed E-state index contributed by atoms with van der Waals surface area (Å²) in [5, 5.41) is 2.50. The van der Waals surface area contributed by atoms with Gasteiger partial charge in [-0.2, -0.15) is 0 Å². The van der Waals surface area contributed by atoms with Crippen LogP contribution in [0.25, 0.3) is 98.8 Å². The lowest BCUT2D eigenvalue weighted by atomic mass is 9.96. The van der Waals surface area contributed by atoms with Crippen LogP contribution in [0.15, 0.2) is 200 Å². The molecule has 0 atom stereocenters. The number of hydrogen-bond donors (Lipinski definition) is 0. The normalized spacial score (nSPS) is 11.3. The van der Waals surface area contributed by atoms with E-state index < -0.39 is 0 Å². The summed E-state index contributed by atoms with van der Waals surface area (Å²) in [4.78, 5) is 15.2. The number of nitrogens with zero attached hydrogens (tertiary/aromatic N) is 3. The van der Waals surface area contributed by atoms with Gasteiger partial charge in [-0.25, -0.2) is 15.0 Å². The Morgan fingerprint density at radius 3 is 1.29 bits per heavy atom. The summed E-state index contributed by atoms with van der Waals surface area (Å²) in [7, 11) is 0. The van der Waals surface area contributed by atoms with E-state index in [4.69, 9.17) is 15.0 Å². The van der Waals surface area contributed by atoms with E-state index >= 15 is 0 Å². The number of aromatic nitrogens is 3. The van der Waals surface area contributed by atoms with Gasteiger partial charge in [0, 0.05) is 36.9 Å². The molecule has 10 aromatic rings. The molecule has 0 saturated carbocycles. The van der Waals surface area contributed by atoms with E-state index in [1.807, 2.05) is 35.6 Å². The molecule has 10 rings (SSSR count). The molecule has 8 aromatic carbocycles. The van der Waals surface area contributed by atoms with Gasteiger partial charge in [0.05, 0.1) is 0 Å². The molecule has 55 heavy (non-hydrogen) atoms. The zero-order valence-corrected chi connectivity index (χ0v) is 30.6. The van der Waals surface area contributed by atoms with Gasteiger partial charge < -0.3 is 0 Å². The average molecular weight is 720 g/mol.